The zero-order valence-corrected chi connectivity index (χ0v) is 11.6. The predicted octanol–water partition coefficient (Wildman–Crippen LogP) is 3.05. The second-order valence-electron chi connectivity index (χ2n) is 6.95. The number of aliphatic hydroxyl groups excluding tert-OH is 1. The van der Waals surface area contributed by atoms with E-state index in [4.69, 9.17) is 0 Å². The summed E-state index contributed by atoms with van der Waals surface area (Å²) in [5.74, 6) is 0.511. The first kappa shape index (κ1) is 13.4. The molecule has 1 aliphatic carbocycles. The SMILES string of the molecule is CC1(C)CCC(O)C(CN2CCCCCC2)C1. The molecule has 2 fully saturated rings. The fourth-order valence-corrected chi connectivity index (χ4v) is 3.56. The van der Waals surface area contributed by atoms with E-state index < -0.39 is 0 Å². The zero-order valence-electron chi connectivity index (χ0n) is 11.6. The summed E-state index contributed by atoms with van der Waals surface area (Å²) in [6.07, 6.45) is 8.84. The quantitative estimate of drug-likeness (QED) is 0.800. The molecule has 2 heteroatoms. The van der Waals surface area contributed by atoms with E-state index in [-0.39, 0.29) is 6.10 Å². The summed E-state index contributed by atoms with van der Waals surface area (Å²) in [5, 5.41) is 10.2. The smallest absolute Gasteiger partial charge is 0.0581 e. The molecule has 2 nitrogen and oxygen atoms in total. The van der Waals surface area contributed by atoms with Gasteiger partial charge in [-0.2, -0.15) is 0 Å². The fourth-order valence-electron chi connectivity index (χ4n) is 3.56. The summed E-state index contributed by atoms with van der Waals surface area (Å²) in [7, 11) is 0. The monoisotopic (exact) mass is 239 g/mol. The van der Waals surface area contributed by atoms with Gasteiger partial charge in [0, 0.05) is 6.54 Å². The molecule has 1 aliphatic heterocycles. The summed E-state index contributed by atoms with van der Waals surface area (Å²) in [5.41, 5.74) is 0.440. The summed E-state index contributed by atoms with van der Waals surface area (Å²) >= 11 is 0. The van der Waals surface area contributed by atoms with Crippen LogP contribution in [0.5, 0.6) is 0 Å². The Kier molecular flexibility index (Phi) is 4.48. The lowest BCUT2D eigenvalue weighted by Crippen LogP contribution is -2.41. The van der Waals surface area contributed by atoms with Gasteiger partial charge in [0.2, 0.25) is 0 Å². The molecule has 17 heavy (non-hydrogen) atoms. The Morgan fingerprint density at radius 1 is 1.12 bits per heavy atom. The van der Waals surface area contributed by atoms with Crippen molar-refractivity contribution in [3.63, 3.8) is 0 Å². The van der Waals surface area contributed by atoms with Gasteiger partial charge in [0.25, 0.3) is 0 Å². The summed E-state index contributed by atoms with van der Waals surface area (Å²) in [6, 6.07) is 0. The van der Waals surface area contributed by atoms with Crippen molar-refractivity contribution in [3.8, 4) is 0 Å². The molecule has 0 bridgehead atoms. The third-order valence-corrected chi connectivity index (χ3v) is 4.67. The van der Waals surface area contributed by atoms with Gasteiger partial charge in [-0.3, -0.25) is 0 Å². The average Bonchev–Trinajstić information content (AvgIpc) is 2.52. The lowest BCUT2D eigenvalue weighted by Gasteiger charge is -2.40. The summed E-state index contributed by atoms with van der Waals surface area (Å²) in [4.78, 5) is 2.60. The Morgan fingerprint density at radius 3 is 2.41 bits per heavy atom. The van der Waals surface area contributed by atoms with E-state index in [1.807, 2.05) is 0 Å². The summed E-state index contributed by atoms with van der Waals surface area (Å²) < 4.78 is 0. The van der Waals surface area contributed by atoms with Crippen LogP contribution in [0.15, 0.2) is 0 Å². The minimum absolute atomic E-state index is 0.0497. The molecule has 2 unspecified atom stereocenters. The molecule has 0 amide bonds. The molecular formula is C15H29NO. The first-order chi connectivity index (χ1) is 8.07. The maximum absolute atomic E-state index is 10.2. The van der Waals surface area contributed by atoms with Crippen LogP contribution in [0.1, 0.15) is 58.8 Å². The van der Waals surface area contributed by atoms with Crippen molar-refractivity contribution in [2.24, 2.45) is 11.3 Å². The van der Waals surface area contributed by atoms with E-state index in [0.717, 1.165) is 13.0 Å². The van der Waals surface area contributed by atoms with E-state index in [1.54, 1.807) is 0 Å². The van der Waals surface area contributed by atoms with Crippen molar-refractivity contribution in [3.05, 3.63) is 0 Å². The number of hydrogen-bond donors (Lipinski definition) is 1. The van der Waals surface area contributed by atoms with Gasteiger partial charge < -0.3 is 10.0 Å². The Bertz CT molecular complexity index is 231. The van der Waals surface area contributed by atoms with E-state index in [0.29, 0.717) is 11.3 Å². The standard InChI is InChI=1S/C15H29NO/c1-15(2)8-7-14(17)13(11-15)12-16-9-5-3-4-6-10-16/h13-14,17H,3-12H2,1-2H3. The Morgan fingerprint density at radius 2 is 1.76 bits per heavy atom. The van der Waals surface area contributed by atoms with Gasteiger partial charge in [0.05, 0.1) is 6.10 Å². The third-order valence-electron chi connectivity index (χ3n) is 4.67. The highest BCUT2D eigenvalue weighted by Gasteiger charge is 2.34. The van der Waals surface area contributed by atoms with Crippen LogP contribution >= 0.6 is 0 Å². The summed E-state index contributed by atoms with van der Waals surface area (Å²) in [6.45, 7) is 8.35. The highest BCUT2D eigenvalue weighted by molar-refractivity contribution is 4.86. The lowest BCUT2D eigenvalue weighted by molar-refractivity contribution is 0.00467. The van der Waals surface area contributed by atoms with Gasteiger partial charge in [-0.25, -0.2) is 0 Å². The van der Waals surface area contributed by atoms with Crippen LogP contribution in [0.3, 0.4) is 0 Å². The highest BCUT2D eigenvalue weighted by Crippen LogP contribution is 2.39. The van der Waals surface area contributed by atoms with Crippen LogP contribution in [-0.4, -0.2) is 35.7 Å². The first-order valence-electron chi connectivity index (χ1n) is 7.47. The van der Waals surface area contributed by atoms with Crippen molar-refractivity contribution in [1.82, 2.24) is 4.90 Å². The largest absolute Gasteiger partial charge is 0.393 e. The molecule has 0 spiro atoms. The van der Waals surface area contributed by atoms with Crippen molar-refractivity contribution in [1.29, 1.82) is 0 Å². The molecule has 2 aliphatic rings. The number of nitrogens with zero attached hydrogens (tertiary/aromatic N) is 1. The number of likely N-dealkylation sites (tertiary alicyclic amines) is 1. The molecule has 0 radical (unpaired) electrons. The normalized spacial score (nSPS) is 35.5. The predicted molar refractivity (Wildman–Crippen MR) is 72.0 cm³/mol. The fraction of sp³-hybridized carbons (Fsp3) is 1.00. The maximum atomic E-state index is 10.2. The van der Waals surface area contributed by atoms with Crippen LogP contribution in [0, 0.1) is 11.3 Å². The van der Waals surface area contributed by atoms with E-state index in [2.05, 4.69) is 18.7 Å². The van der Waals surface area contributed by atoms with Crippen LogP contribution in [0.25, 0.3) is 0 Å². The second-order valence-corrected chi connectivity index (χ2v) is 6.95. The molecular weight excluding hydrogens is 210 g/mol. The van der Waals surface area contributed by atoms with Gasteiger partial charge in [0.1, 0.15) is 0 Å². The number of aliphatic hydroxyl groups is 1. The minimum Gasteiger partial charge on any atom is -0.393 e. The molecule has 2 rings (SSSR count). The van der Waals surface area contributed by atoms with E-state index in [1.165, 1.54) is 51.6 Å². The second kappa shape index (κ2) is 5.71. The number of hydrogen-bond acceptors (Lipinski definition) is 2. The van der Waals surface area contributed by atoms with Gasteiger partial charge in [-0.15, -0.1) is 0 Å². The highest BCUT2D eigenvalue weighted by atomic mass is 16.3. The Balaban J connectivity index is 1.87. The lowest BCUT2D eigenvalue weighted by atomic mass is 9.70. The molecule has 1 N–H and O–H groups in total. The van der Waals surface area contributed by atoms with Crippen molar-refractivity contribution >= 4 is 0 Å². The van der Waals surface area contributed by atoms with Crippen LogP contribution in [0.4, 0.5) is 0 Å². The van der Waals surface area contributed by atoms with Gasteiger partial charge >= 0.3 is 0 Å². The molecule has 100 valence electrons. The number of rotatable bonds is 2. The molecule has 0 aromatic rings. The van der Waals surface area contributed by atoms with Gasteiger partial charge in [-0.1, -0.05) is 26.7 Å². The van der Waals surface area contributed by atoms with Gasteiger partial charge in [0.15, 0.2) is 0 Å². The van der Waals surface area contributed by atoms with E-state index in [9.17, 15) is 5.11 Å². The van der Waals surface area contributed by atoms with Crippen LogP contribution < -0.4 is 0 Å². The topological polar surface area (TPSA) is 23.5 Å². The zero-order chi connectivity index (χ0) is 12.3. The molecule has 0 aromatic carbocycles. The van der Waals surface area contributed by atoms with Crippen molar-refractivity contribution < 1.29 is 5.11 Å². The van der Waals surface area contributed by atoms with Crippen molar-refractivity contribution in [2.45, 2.75) is 64.9 Å². The molecule has 1 saturated carbocycles. The molecule has 2 atom stereocenters. The molecule has 0 aromatic heterocycles. The Hall–Kier alpha value is -0.0800. The van der Waals surface area contributed by atoms with E-state index >= 15 is 0 Å². The van der Waals surface area contributed by atoms with Crippen molar-refractivity contribution in [2.75, 3.05) is 19.6 Å². The molecule has 1 saturated heterocycles. The first-order valence-corrected chi connectivity index (χ1v) is 7.47. The maximum Gasteiger partial charge on any atom is 0.0581 e. The van der Waals surface area contributed by atoms with Crippen LogP contribution in [0.2, 0.25) is 0 Å². The minimum atomic E-state index is -0.0497. The molecule has 1 heterocycles. The van der Waals surface area contributed by atoms with Crippen LogP contribution in [-0.2, 0) is 0 Å². The third kappa shape index (κ3) is 3.96. The Labute approximate surface area is 106 Å². The average molecular weight is 239 g/mol. The van der Waals surface area contributed by atoms with Gasteiger partial charge in [-0.05, 0) is 56.5 Å².